The zero-order valence-electron chi connectivity index (χ0n) is 21.7. The molecule has 0 unspecified atom stereocenters. The van der Waals surface area contributed by atoms with Gasteiger partial charge in [0.15, 0.2) is 5.82 Å². The van der Waals surface area contributed by atoms with Crippen LogP contribution in [-0.2, 0) is 9.47 Å². The van der Waals surface area contributed by atoms with Crippen molar-refractivity contribution in [2.45, 2.75) is 6.92 Å². The van der Waals surface area contributed by atoms with Crippen molar-refractivity contribution in [3.8, 4) is 11.5 Å². The van der Waals surface area contributed by atoms with Gasteiger partial charge in [0.2, 0.25) is 5.95 Å². The number of para-hydroxylation sites is 1. The van der Waals surface area contributed by atoms with Crippen molar-refractivity contribution in [1.29, 1.82) is 0 Å². The molecule has 2 fully saturated rings. The van der Waals surface area contributed by atoms with Gasteiger partial charge in [0.1, 0.15) is 30.5 Å². The zero-order valence-corrected chi connectivity index (χ0v) is 21.7. The third-order valence-electron chi connectivity index (χ3n) is 6.23. The minimum Gasteiger partial charge on any atom is -0.490 e. The van der Waals surface area contributed by atoms with Gasteiger partial charge >= 0.3 is 0 Å². The number of rotatable bonds is 10. The van der Waals surface area contributed by atoms with E-state index in [1.807, 2.05) is 61.5 Å². The topological polar surface area (TPSA) is 93.6 Å². The van der Waals surface area contributed by atoms with Crippen molar-refractivity contribution in [3.63, 3.8) is 0 Å². The van der Waals surface area contributed by atoms with Gasteiger partial charge in [-0.25, -0.2) is 0 Å². The number of hydrazone groups is 1. The van der Waals surface area contributed by atoms with Crippen LogP contribution < -0.4 is 24.7 Å². The number of ether oxygens (including phenoxy) is 4. The summed E-state index contributed by atoms with van der Waals surface area (Å²) < 4.78 is 22.8. The molecule has 2 aliphatic heterocycles. The van der Waals surface area contributed by atoms with E-state index >= 15 is 0 Å². The smallest absolute Gasteiger partial charge is 0.229 e. The van der Waals surface area contributed by atoms with Crippen molar-refractivity contribution in [3.05, 3.63) is 65.7 Å². The molecule has 0 saturated carbocycles. The van der Waals surface area contributed by atoms with Gasteiger partial charge in [-0.1, -0.05) is 24.3 Å². The van der Waals surface area contributed by atoms with Crippen LogP contribution in [0.5, 0.6) is 11.5 Å². The first-order chi connectivity index (χ1) is 18.7. The molecule has 10 heteroatoms. The standard InChI is InChI=1S/C28H34N6O4/c1-22-5-4-7-24(19-22)37-17-18-38-25-8-3-2-6-23(25)21-29-32-26-20-27(33-9-13-35-14-10-33)31-28(30-26)34-11-15-36-16-12-34/h2-8,19-21H,9-18H2,1H3,(H,30,31,32)/b29-21+. The van der Waals surface area contributed by atoms with Crippen LogP contribution in [0, 0.1) is 6.92 Å². The first-order valence-electron chi connectivity index (χ1n) is 13.0. The third-order valence-corrected chi connectivity index (χ3v) is 6.23. The Labute approximate surface area is 223 Å². The van der Waals surface area contributed by atoms with Crippen LogP contribution in [0.3, 0.4) is 0 Å². The summed E-state index contributed by atoms with van der Waals surface area (Å²) in [4.78, 5) is 13.9. The molecular formula is C28H34N6O4. The quantitative estimate of drug-likeness (QED) is 0.246. The monoisotopic (exact) mass is 518 g/mol. The molecule has 0 atom stereocenters. The molecule has 0 bridgehead atoms. The van der Waals surface area contributed by atoms with Gasteiger partial charge < -0.3 is 28.7 Å². The number of hydrogen-bond donors (Lipinski definition) is 1. The van der Waals surface area contributed by atoms with Crippen LogP contribution in [0.15, 0.2) is 59.7 Å². The van der Waals surface area contributed by atoms with Crippen molar-refractivity contribution in [2.24, 2.45) is 5.10 Å². The molecule has 2 saturated heterocycles. The number of aromatic nitrogens is 2. The zero-order chi connectivity index (χ0) is 26.0. The van der Waals surface area contributed by atoms with Gasteiger partial charge in [0.05, 0.1) is 32.6 Å². The molecular weight excluding hydrogens is 484 g/mol. The first kappa shape index (κ1) is 25.7. The Bertz CT molecular complexity index is 1180. The van der Waals surface area contributed by atoms with Crippen molar-refractivity contribution >= 4 is 23.8 Å². The highest BCUT2D eigenvalue weighted by molar-refractivity contribution is 5.84. The van der Waals surface area contributed by atoms with Gasteiger partial charge in [-0.3, -0.25) is 5.43 Å². The summed E-state index contributed by atoms with van der Waals surface area (Å²) >= 11 is 0. The second kappa shape index (κ2) is 13.1. The second-order valence-corrected chi connectivity index (χ2v) is 9.03. The van der Waals surface area contributed by atoms with Gasteiger partial charge in [0.25, 0.3) is 0 Å². The van der Waals surface area contributed by atoms with Gasteiger partial charge in [-0.05, 0) is 36.8 Å². The van der Waals surface area contributed by atoms with E-state index in [2.05, 4.69) is 20.3 Å². The van der Waals surface area contributed by atoms with Crippen LogP contribution in [-0.4, -0.2) is 82.0 Å². The van der Waals surface area contributed by atoms with Crippen LogP contribution in [0.25, 0.3) is 0 Å². The summed E-state index contributed by atoms with van der Waals surface area (Å²) in [6.45, 7) is 8.71. The van der Waals surface area contributed by atoms with E-state index in [9.17, 15) is 0 Å². The Kier molecular flexibility index (Phi) is 8.85. The second-order valence-electron chi connectivity index (χ2n) is 9.03. The van der Waals surface area contributed by atoms with E-state index in [4.69, 9.17) is 28.9 Å². The average Bonchev–Trinajstić information content (AvgIpc) is 2.97. The predicted octanol–water partition coefficient (Wildman–Crippen LogP) is 3.36. The first-order valence-corrected chi connectivity index (χ1v) is 13.0. The number of nitrogens with one attached hydrogen (secondary N) is 1. The summed E-state index contributed by atoms with van der Waals surface area (Å²) in [6, 6.07) is 17.7. The van der Waals surface area contributed by atoms with E-state index in [-0.39, 0.29) is 0 Å². The summed E-state index contributed by atoms with van der Waals surface area (Å²) in [7, 11) is 0. The fourth-order valence-electron chi connectivity index (χ4n) is 4.24. The summed E-state index contributed by atoms with van der Waals surface area (Å²) in [5.41, 5.74) is 5.11. The molecule has 3 aromatic rings. The Morgan fingerprint density at radius 1 is 0.868 bits per heavy atom. The fourth-order valence-corrected chi connectivity index (χ4v) is 4.24. The molecule has 0 amide bonds. The summed E-state index contributed by atoms with van der Waals surface area (Å²) in [5.74, 6) is 3.73. The number of hydrogen-bond acceptors (Lipinski definition) is 10. The molecule has 5 rings (SSSR count). The maximum absolute atomic E-state index is 5.98. The average molecular weight is 519 g/mol. The van der Waals surface area contributed by atoms with Crippen LogP contribution in [0.1, 0.15) is 11.1 Å². The lowest BCUT2D eigenvalue weighted by Crippen LogP contribution is -2.39. The lowest BCUT2D eigenvalue weighted by Gasteiger charge is -2.31. The molecule has 1 N–H and O–H groups in total. The minimum absolute atomic E-state index is 0.421. The molecule has 38 heavy (non-hydrogen) atoms. The maximum atomic E-state index is 5.98. The Morgan fingerprint density at radius 2 is 1.61 bits per heavy atom. The highest BCUT2D eigenvalue weighted by Gasteiger charge is 2.19. The summed E-state index contributed by atoms with van der Waals surface area (Å²) in [6.07, 6.45) is 1.74. The lowest BCUT2D eigenvalue weighted by atomic mass is 10.2. The summed E-state index contributed by atoms with van der Waals surface area (Å²) in [5, 5.41) is 4.47. The molecule has 0 aliphatic carbocycles. The number of benzene rings is 2. The van der Waals surface area contributed by atoms with E-state index in [0.717, 1.165) is 54.6 Å². The predicted molar refractivity (Wildman–Crippen MR) is 148 cm³/mol. The van der Waals surface area contributed by atoms with Gasteiger partial charge in [0, 0.05) is 37.8 Å². The van der Waals surface area contributed by atoms with E-state index in [1.54, 1.807) is 6.21 Å². The molecule has 1 aromatic heterocycles. The Morgan fingerprint density at radius 3 is 2.39 bits per heavy atom. The lowest BCUT2D eigenvalue weighted by molar-refractivity contribution is 0.121. The highest BCUT2D eigenvalue weighted by atomic mass is 16.5. The fraction of sp³-hybridized carbons (Fsp3) is 0.393. The molecule has 2 aliphatic rings. The van der Waals surface area contributed by atoms with E-state index in [1.165, 1.54) is 0 Å². The molecule has 10 nitrogen and oxygen atoms in total. The van der Waals surface area contributed by atoms with Crippen molar-refractivity contribution in [1.82, 2.24) is 9.97 Å². The van der Waals surface area contributed by atoms with Crippen LogP contribution in [0.4, 0.5) is 17.6 Å². The molecule has 2 aromatic carbocycles. The van der Waals surface area contributed by atoms with Crippen molar-refractivity contribution < 1.29 is 18.9 Å². The van der Waals surface area contributed by atoms with E-state index < -0.39 is 0 Å². The third kappa shape index (κ3) is 7.11. The molecule has 200 valence electrons. The van der Waals surface area contributed by atoms with Crippen LogP contribution in [0.2, 0.25) is 0 Å². The molecule has 3 heterocycles. The largest absolute Gasteiger partial charge is 0.490 e. The normalized spacial score (nSPS) is 16.0. The number of aryl methyl sites for hydroxylation is 1. The van der Waals surface area contributed by atoms with E-state index in [0.29, 0.717) is 51.4 Å². The maximum Gasteiger partial charge on any atom is 0.229 e. The SMILES string of the molecule is Cc1cccc(OCCOc2ccccc2/C=N/Nc2cc(N3CCOCC3)nc(N3CCOCC3)n2)c1. The number of nitrogens with zero attached hydrogens (tertiary/aromatic N) is 5. The Hall–Kier alpha value is -3.89. The van der Waals surface area contributed by atoms with Crippen molar-refractivity contribution in [2.75, 3.05) is 81.0 Å². The minimum atomic E-state index is 0.421. The Balaban J connectivity index is 1.23. The van der Waals surface area contributed by atoms with Crippen LogP contribution >= 0.6 is 0 Å². The van der Waals surface area contributed by atoms with Gasteiger partial charge in [-0.15, -0.1) is 0 Å². The number of anilines is 3. The highest BCUT2D eigenvalue weighted by Crippen LogP contribution is 2.23. The molecule has 0 radical (unpaired) electrons. The number of morpholine rings is 2. The molecule has 0 spiro atoms. The van der Waals surface area contributed by atoms with Gasteiger partial charge in [-0.2, -0.15) is 15.1 Å².